The fourth-order valence-electron chi connectivity index (χ4n) is 5.25. The summed E-state index contributed by atoms with van der Waals surface area (Å²) in [6.07, 6.45) is 2.09. The first-order valence-corrected chi connectivity index (χ1v) is 12.6. The van der Waals surface area contributed by atoms with Gasteiger partial charge < -0.3 is 20.3 Å². The number of nitrogens with zero attached hydrogens (tertiary/aromatic N) is 3. The van der Waals surface area contributed by atoms with Crippen molar-refractivity contribution in [3.05, 3.63) is 100.0 Å². The largest absolute Gasteiger partial charge is 0.494 e. The zero-order valence-corrected chi connectivity index (χ0v) is 20.4. The van der Waals surface area contributed by atoms with Gasteiger partial charge >= 0.3 is 0 Å². The highest BCUT2D eigenvalue weighted by molar-refractivity contribution is 6.01. The van der Waals surface area contributed by atoms with Crippen LogP contribution in [-0.2, 0) is 0 Å². The number of H-pyrrole nitrogens is 1. The molecule has 1 aromatic heterocycles. The highest BCUT2D eigenvalue weighted by Gasteiger charge is 2.24. The molecule has 6 rings (SSSR count). The van der Waals surface area contributed by atoms with Crippen LogP contribution in [0.1, 0.15) is 30.9 Å². The van der Waals surface area contributed by atoms with Gasteiger partial charge in [-0.3, -0.25) is 0 Å². The van der Waals surface area contributed by atoms with Gasteiger partial charge in [0, 0.05) is 47.4 Å². The first kappa shape index (κ1) is 23.4. The Kier molecular flexibility index (Phi) is 5.96. The van der Waals surface area contributed by atoms with Gasteiger partial charge in [-0.25, -0.2) is 18.8 Å². The monoisotopic (exact) mass is 499 g/mol. The second kappa shape index (κ2) is 9.44. The summed E-state index contributed by atoms with van der Waals surface area (Å²) in [5.41, 5.74) is 2.62. The van der Waals surface area contributed by atoms with E-state index in [0.29, 0.717) is 38.8 Å². The van der Waals surface area contributed by atoms with Crippen molar-refractivity contribution in [1.29, 1.82) is 0 Å². The molecule has 188 valence electrons. The first-order valence-electron chi connectivity index (χ1n) is 12.6. The van der Waals surface area contributed by atoms with Crippen LogP contribution in [-0.4, -0.2) is 40.7 Å². The molecule has 3 aromatic carbocycles. The zero-order chi connectivity index (χ0) is 25.5. The molecule has 3 heterocycles. The number of aromatic nitrogens is 1. The van der Waals surface area contributed by atoms with Crippen LogP contribution in [0.15, 0.2) is 76.5 Å². The number of hydrogen-bond donors (Lipinski definition) is 3. The maximum absolute atomic E-state index is 14.4. The molecule has 0 unspecified atom stereocenters. The van der Waals surface area contributed by atoms with E-state index in [1.165, 1.54) is 12.1 Å². The van der Waals surface area contributed by atoms with E-state index in [0.717, 1.165) is 44.2 Å². The second-order valence-corrected chi connectivity index (χ2v) is 9.53. The SMILES string of the molecule is CCN1CCC(Nc2ccc3[nH]c(O)c(C(=C4N=c5ccccc5=N4)c4cc(F)cc(F)c4)c3c2)CC1. The number of benzene rings is 3. The van der Waals surface area contributed by atoms with E-state index in [4.69, 9.17) is 0 Å². The fourth-order valence-corrected chi connectivity index (χ4v) is 5.25. The van der Waals surface area contributed by atoms with Gasteiger partial charge in [-0.15, -0.1) is 0 Å². The molecule has 0 radical (unpaired) electrons. The van der Waals surface area contributed by atoms with Crippen molar-refractivity contribution in [1.82, 2.24) is 9.88 Å². The van der Waals surface area contributed by atoms with Gasteiger partial charge in [0.25, 0.3) is 0 Å². The van der Waals surface area contributed by atoms with Crippen LogP contribution in [0.2, 0.25) is 0 Å². The van der Waals surface area contributed by atoms with E-state index in [9.17, 15) is 13.9 Å². The Labute approximate surface area is 212 Å². The molecule has 37 heavy (non-hydrogen) atoms. The maximum atomic E-state index is 14.4. The van der Waals surface area contributed by atoms with Crippen LogP contribution in [0.25, 0.3) is 16.5 Å². The van der Waals surface area contributed by atoms with Gasteiger partial charge in [0.1, 0.15) is 11.6 Å². The molecule has 8 heteroatoms. The summed E-state index contributed by atoms with van der Waals surface area (Å²) < 4.78 is 28.7. The summed E-state index contributed by atoms with van der Waals surface area (Å²) >= 11 is 0. The molecule has 1 fully saturated rings. The second-order valence-electron chi connectivity index (χ2n) is 9.53. The lowest BCUT2D eigenvalue weighted by atomic mass is 9.96. The highest BCUT2D eigenvalue weighted by Crippen LogP contribution is 2.40. The van der Waals surface area contributed by atoms with E-state index in [1.807, 2.05) is 42.5 Å². The Bertz CT molecular complexity index is 1590. The zero-order valence-electron chi connectivity index (χ0n) is 20.4. The summed E-state index contributed by atoms with van der Waals surface area (Å²) in [5, 5.41) is 16.7. The molecule has 1 saturated heterocycles. The molecule has 0 atom stereocenters. The van der Waals surface area contributed by atoms with E-state index >= 15 is 0 Å². The molecule has 3 N–H and O–H groups in total. The quantitative estimate of drug-likeness (QED) is 0.372. The number of halogens is 2. The summed E-state index contributed by atoms with van der Waals surface area (Å²) in [6, 6.07) is 16.9. The smallest absolute Gasteiger partial charge is 0.197 e. The molecule has 0 amide bonds. The molecular formula is C29H27F2N5O. The van der Waals surface area contributed by atoms with Crippen LogP contribution in [0, 0.1) is 11.6 Å². The van der Waals surface area contributed by atoms with E-state index in [1.54, 1.807) is 0 Å². The number of likely N-dealkylation sites (tertiary alicyclic amines) is 1. The van der Waals surface area contributed by atoms with Crippen LogP contribution >= 0.6 is 0 Å². The third-order valence-electron chi connectivity index (χ3n) is 7.14. The Balaban J connectivity index is 1.50. The molecule has 0 bridgehead atoms. The third kappa shape index (κ3) is 4.49. The number of aromatic hydroxyl groups is 1. The van der Waals surface area contributed by atoms with Gasteiger partial charge in [-0.05, 0) is 67.4 Å². The number of fused-ring (bicyclic) bond motifs is 2. The average molecular weight is 500 g/mol. The van der Waals surface area contributed by atoms with Crippen LogP contribution < -0.4 is 16.0 Å². The minimum Gasteiger partial charge on any atom is -0.494 e. The summed E-state index contributed by atoms with van der Waals surface area (Å²) in [5.74, 6) is -1.27. The summed E-state index contributed by atoms with van der Waals surface area (Å²) in [6.45, 7) is 5.34. The molecule has 2 aliphatic rings. The van der Waals surface area contributed by atoms with Gasteiger partial charge in [-0.1, -0.05) is 19.1 Å². The molecular weight excluding hydrogens is 472 g/mol. The van der Waals surface area contributed by atoms with Crippen molar-refractivity contribution in [2.45, 2.75) is 25.8 Å². The Hall–Kier alpha value is -4.04. The number of hydrogen-bond acceptors (Lipinski definition) is 5. The van der Waals surface area contributed by atoms with Gasteiger partial charge in [0.2, 0.25) is 0 Å². The van der Waals surface area contributed by atoms with E-state index < -0.39 is 11.6 Å². The van der Waals surface area contributed by atoms with Crippen molar-refractivity contribution < 1.29 is 13.9 Å². The summed E-state index contributed by atoms with van der Waals surface area (Å²) in [4.78, 5) is 14.7. The van der Waals surface area contributed by atoms with Crippen LogP contribution in [0.4, 0.5) is 14.5 Å². The molecule has 4 aromatic rings. The lowest BCUT2D eigenvalue weighted by molar-refractivity contribution is 0.229. The van der Waals surface area contributed by atoms with Crippen molar-refractivity contribution in [2.24, 2.45) is 9.98 Å². The lowest BCUT2D eigenvalue weighted by Crippen LogP contribution is -2.38. The lowest BCUT2D eigenvalue weighted by Gasteiger charge is -2.32. The minimum atomic E-state index is -0.719. The van der Waals surface area contributed by atoms with Crippen molar-refractivity contribution in [2.75, 3.05) is 25.0 Å². The number of piperidine rings is 1. The molecule has 2 aliphatic heterocycles. The fraction of sp³-hybridized carbons (Fsp3) is 0.241. The van der Waals surface area contributed by atoms with E-state index in [2.05, 4.69) is 32.1 Å². The molecule has 6 nitrogen and oxygen atoms in total. The number of aromatic amines is 1. The Morgan fingerprint density at radius 2 is 1.68 bits per heavy atom. The average Bonchev–Trinajstić information content (AvgIpc) is 3.45. The topological polar surface area (TPSA) is 76.0 Å². The van der Waals surface area contributed by atoms with Gasteiger partial charge in [0.05, 0.1) is 16.3 Å². The van der Waals surface area contributed by atoms with Gasteiger partial charge in [0.15, 0.2) is 11.7 Å². The number of rotatable bonds is 5. The standard InChI is InChI=1S/C29H27F2N5O/c1-2-36-11-9-20(10-12-36)32-21-7-8-23-22(16-21)27(29(37)35-23)26(17-13-18(30)15-19(31)14-17)28-33-24-5-3-4-6-25(24)34-28/h3-8,13-16,20,32,35,37H,2,9-12H2,1H3. The normalized spacial score (nSPS) is 15.9. The Morgan fingerprint density at radius 1 is 1.00 bits per heavy atom. The molecule has 0 aliphatic carbocycles. The maximum Gasteiger partial charge on any atom is 0.197 e. The highest BCUT2D eigenvalue weighted by atomic mass is 19.1. The first-order chi connectivity index (χ1) is 18.0. The van der Waals surface area contributed by atoms with Crippen LogP contribution in [0.3, 0.4) is 0 Å². The van der Waals surface area contributed by atoms with Crippen molar-refractivity contribution in [3.63, 3.8) is 0 Å². The minimum absolute atomic E-state index is 0.114. The van der Waals surface area contributed by atoms with Crippen molar-refractivity contribution >= 4 is 22.2 Å². The molecule has 0 saturated carbocycles. The number of para-hydroxylation sites is 2. The summed E-state index contributed by atoms with van der Waals surface area (Å²) in [7, 11) is 0. The molecule has 0 spiro atoms. The van der Waals surface area contributed by atoms with Crippen molar-refractivity contribution in [3.8, 4) is 5.88 Å². The number of nitrogens with one attached hydrogen (secondary N) is 2. The Morgan fingerprint density at radius 3 is 2.32 bits per heavy atom. The van der Waals surface area contributed by atoms with Gasteiger partial charge in [-0.2, -0.15) is 0 Å². The predicted octanol–water partition coefficient (Wildman–Crippen LogP) is 4.72. The predicted molar refractivity (Wildman–Crippen MR) is 140 cm³/mol. The van der Waals surface area contributed by atoms with Crippen LogP contribution in [0.5, 0.6) is 5.88 Å². The third-order valence-corrected chi connectivity index (χ3v) is 7.14. The number of anilines is 1. The van der Waals surface area contributed by atoms with E-state index in [-0.39, 0.29) is 17.3 Å².